The topological polar surface area (TPSA) is 70.3 Å². The Morgan fingerprint density at radius 1 is 0.875 bits per heavy atom. The molecule has 0 fully saturated rings. The minimum atomic E-state index is -0.310. The maximum atomic E-state index is 13.1. The van der Waals surface area contributed by atoms with Crippen molar-refractivity contribution in [1.29, 1.82) is 0 Å². The summed E-state index contributed by atoms with van der Waals surface area (Å²) in [5.41, 5.74) is 8.53. The summed E-state index contributed by atoms with van der Waals surface area (Å²) >= 11 is 0. The molecule has 0 aliphatic carbocycles. The molecule has 0 atom stereocenters. The largest absolute Gasteiger partial charge is 0.497 e. The molecule has 5 nitrogen and oxygen atoms in total. The summed E-state index contributed by atoms with van der Waals surface area (Å²) in [5, 5.41) is 0. The molecule has 6 heteroatoms. The summed E-state index contributed by atoms with van der Waals surface area (Å²) in [7, 11) is 3.17. The van der Waals surface area contributed by atoms with Crippen LogP contribution in [0.5, 0.6) is 11.5 Å². The monoisotopic (exact) mass is 325 g/mol. The number of nitrogens with two attached hydrogens (primary N) is 1. The second-order valence-electron chi connectivity index (χ2n) is 5.07. The normalized spacial score (nSPS) is 10.5. The Balaban J connectivity index is 2.14. The van der Waals surface area contributed by atoms with Crippen LogP contribution in [0.3, 0.4) is 0 Å². The first-order chi connectivity index (χ1) is 11.6. The van der Waals surface area contributed by atoms with E-state index in [1.54, 1.807) is 44.6 Å². The maximum absolute atomic E-state index is 13.1. The third-order valence-corrected chi connectivity index (χ3v) is 3.57. The van der Waals surface area contributed by atoms with Gasteiger partial charge < -0.3 is 15.2 Å². The van der Waals surface area contributed by atoms with Crippen LogP contribution in [0.25, 0.3) is 22.5 Å². The highest BCUT2D eigenvalue weighted by Crippen LogP contribution is 2.34. The van der Waals surface area contributed by atoms with Crippen LogP contribution in [0.1, 0.15) is 0 Å². The van der Waals surface area contributed by atoms with Crippen LogP contribution in [0.15, 0.2) is 48.5 Å². The number of ether oxygens (including phenoxy) is 2. The number of methoxy groups -OCH3 is 2. The average molecular weight is 325 g/mol. The summed E-state index contributed by atoms with van der Waals surface area (Å²) in [6, 6.07) is 13.2. The number of aromatic nitrogens is 2. The fourth-order valence-electron chi connectivity index (χ4n) is 2.39. The van der Waals surface area contributed by atoms with Crippen molar-refractivity contribution in [3.05, 3.63) is 54.3 Å². The van der Waals surface area contributed by atoms with Crippen LogP contribution in [-0.4, -0.2) is 24.2 Å². The first-order valence-corrected chi connectivity index (χ1v) is 7.23. The zero-order valence-electron chi connectivity index (χ0n) is 13.3. The molecule has 3 rings (SSSR count). The fourth-order valence-corrected chi connectivity index (χ4v) is 2.39. The van der Waals surface area contributed by atoms with Gasteiger partial charge in [-0.25, -0.2) is 14.4 Å². The lowest BCUT2D eigenvalue weighted by Gasteiger charge is -2.11. The number of nitrogen functional groups attached to an aromatic ring is 1. The van der Waals surface area contributed by atoms with Gasteiger partial charge in [-0.3, -0.25) is 0 Å². The minimum absolute atomic E-state index is 0.122. The van der Waals surface area contributed by atoms with E-state index in [4.69, 9.17) is 15.2 Å². The van der Waals surface area contributed by atoms with Crippen molar-refractivity contribution >= 4 is 5.95 Å². The number of hydrogen-bond acceptors (Lipinski definition) is 5. The second kappa shape index (κ2) is 6.54. The molecule has 0 saturated heterocycles. The van der Waals surface area contributed by atoms with Crippen LogP contribution in [-0.2, 0) is 0 Å². The molecule has 122 valence electrons. The highest BCUT2D eigenvalue weighted by atomic mass is 19.1. The highest BCUT2D eigenvalue weighted by molar-refractivity contribution is 5.74. The molecule has 0 bridgehead atoms. The van der Waals surface area contributed by atoms with Gasteiger partial charge in [0.2, 0.25) is 5.95 Å². The Morgan fingerprint density at radius 2 is 1.58 bits per heavy atom. The molecule has 0 aliphatic heterocycles. The predicted molar refractivity (Wildman–Crippen MR) is 90.4 cm³/mol. The summed E-state index contributed by atoms with van der Waals surface area (Å²) < 4.78 is 23.8. The molecule has 0 aliphatic rings. The summed E-state index contributed by atoms with van der Waals surface area (Å²) in [6.07, 6.45) is 0. The van der Waals surface area contributed by atoms with Crippen LogP contribution in [0.4, 0.5) is 10.3 Å². The molecule has 2 aromatic carbocycles. The molecule has 0 spiro atoms. The molecular formula is C18H16FN3O2. The first-order valence-electron chi connectivity index (χ1n) is 7.23. The van der Waals surface area contributed by atoms with Crippen LogP contribution >= 0.6 is 0 Å². The van der Waals surface area contributed by atoms with Crippen molar-refractivity contribution < 1.29 is 13.9 Å². The van der Waals surface area contributed by atoms with E-state index in [9.17, 15) is 4.39 Å². The van der Waals surface area contributed by atoms with Gasteiger partial charge in [0, 0.05) is 11.1 Å². The summed E-state index contributed by atoms with van der Waals surface area (Å²) in [4.78, 5) is 8.52. The van der Waals surface area contributed by atoms with E-state index in [0.29, 0.717) is 22.9 Å². The lowest BCUT2D eigenvalue weighted by Crippen LogP contribution is -2.00. The second-order valence-corrected chi connectivity index (χ2v) is 5.07. The number of rotatable bonds is 4. The third kappa shape index (κ3) is 3.12. The summed E-state index contributed by atoms with van der Waals surface area (Å²) in [5.74, 6) is 1.12. The Labute approximate surface area is 138 Å². The van der Waals surface area contributed by atoms with Crippen LogP contribution in [0, 0.1) is 5.82 Å². The van der Waals surface area contributed by atoms with E-state index < -0.39 is 0 Å². The zero-order chi connectivity index (χ0) is 17.1. The van der Waals surface area contributed by atoms with Gasteiger partial charge in [0.05, 0.1) is 25.6 Å². The molecule has 0 saturated carbocycles. The minimum Gasteiger partial charge on any atom is -0.497 e. The Kier molecular flexibility index (Phi) is 4.29. The van der Waals surface area contributed by atoms with Crippen molar-refractivity contribution in [2.24, 2.45) is 0 Å². The van der Waals surface area contributed by atoms with Crippen molar-refractivity contribution in [3.63, 3.8) is 0 Å². The molecular weight excluding hydrogens is 309 g/mol. The van der Waals surface area contributed by atoms with E-state index in [0.717, 1.165) is 11.1 Å². The number of halogens is 1. The standard InChI is InChI=1S/C18H16FN3O2/c1-23-13-7-8-17(24-2)14(9-13)16-10-15(21-18(20)22-16)11-3-5-12(19)6-4-11/h3-10H,1-2H3,(H2,20,21,22). The molecule has 0 radical (unpaired) electrons. The molecule has 0 unspecified atom stereocenters. The fraction of sp³-hybridized carbons (Fsp3) is 0.111. The van der Waals surface area contributed by atoms with Gasteiger partial charge in [-0.2, -0.15) is 0 Å². The van der Waals surface area contributed by atoms with Crippen molar-refractivity contribution in [2.75, 3.05) is 20.0 Å². The van der Waals surface area contributed by atoms with Crippen LogP contribution < -0.4 is 15.2 Å². The van der Waals surface area contributed by atoms with E-state index >= 15 is 0 Å². The number of benzene rings is 2. The number of anilines is 1. The Morgan fingerprint density at radius 3 is 2.25 bits per heavy atom. The van der Waals surface area contributed by atoms with E-state index in [-0.39, 0.29) is 11.8 Å². The lowest BCUT2D eigenvalue weighted by molar-refractivity contribution is 0.404. The predicted octanol–water partition coefficient (Wildman–Crippen LogP) is 3.55. The zero-order valence-corrected chi connectivity index (χ0v) is 13.3. The molecule has 0 amide bonds. The lowest BCUT2D eigenvalue weighted by atomic mass is 10.1. The molecule has 1 aromatic heterocycles. The van der Waals surface area contributed by atoms with Gasteiger partial charge in [0.15, 0.2) is 0 Å². The van der Waals surface area contributed by atoms with Gasteiger partial charge >= 0.3 is 0 Å². The first kappa shape index (κ1) is 15.7. The van der Waals surface area contributed by atoms with Gasteiger partial charge in [-0.05, 0) is 48.5 Å². The van der Waals surface area contributed by atoms with Gasteiger partial charge in [0.1, 0.15) is 17.3 Å². The SMILES string of the molecule is COc1ccc(OC)c(-c2cc(-c3ccc(F)cc3)nc(N)n2)c1. The van der Waals surface area contributed by atoms with Gasteiger partial charge in [-0.15, -0.1) is 0 Å². The molecule has 2 N–H and O–H groups in total. The molecule has 3 aromatic rings. The van der Waals surface area contributed by atoms with E-state index in [1.165, 1.54) is 12.1 Å². The Bertz CT molecular complexity index is 867. The summed E-state index contributed by atoms with van der Waals surface area (Å²) in [6.45, 7) is 0. The third-order valence-electron chi connectivity index (χ3n) is 3.57. The average Bonchev–Trinajstić information content (AvgIpc) is 2.61. The maximum Gasteiger partial charge on any atom is 0.221 e. The number of hydrogen-bond donors (Lipinski definition) is 1. The number of nitrogens with zero attached hydrogens (tertiary/aromatic N) is 2. The Hall–Kier alpha value is -3.15. The van der Waals surface area contributed by atoms with Crippen molar-refractivity contribution in [3.8, 4) is 34.0 Å². The van der Waals surface area contributed by atoms with E-state index in [1.807, 2.05) is 6.07 Å². The van der Waals surface area contributed by atoms with Crippen LogP contribution in [0.2, 0.25) is 0 Å². The van der Waals surface area contributed by atoms with Crippen molar-refractivity contribution in [1.82, 2.24) is 9.97 Å². The van der Waals surface area contributed by atoms with Crippen molar-refractivity contribution in [2.45, 2.75) is 0 Å². The van der Waals surface area contributed by atoms with E-state index in [2.05, 4.69) is 9.97 Å². The highest BCUT2D eigenvalue weighted by Gasteiger charge is 2.12. The molecule has 24 heavy (non-hydrogen) atoms. The quantitative estimate of drug-likeness (QED) is 0.794. The molecule has 1 heterocycles. The van der Waals surface area contributed by atoms with Gasteiger partial charge in [0.25, 0.3) is 0 Å². The van der Waals surface area contributed by atoms with Gasteiger partial charge in [-0.1, -0.05) is 0 Å². The smallest absolute Gasteiger partial charge is 0.221 e.